The molecule has 178 valence electrons. The summed E-state index contributed by atoms with van der Waals surface area (Å²) >= 11 is 6.03. The molecule has 1 amide bonds. The minimum Gasteiger partial charge on any atom is -0.453 e. The molecule has 2 aromatic carbocycles. The van der Waals surface area contributed by atoms with E-state index < -0.39 is 0 Å². The molecule has 0 unspecified atom stereocenters. The van der Waals surface area contributed by atoms with Gasteiger partial charge in [0.1, 0.15) is 5.75 Å². The summed E-state index contributed by atoms with van der Waals surface area (Å²) in [6.07, 6.45) is 1.46. The van der Waals surface area contributed by atoms with Crippen LogP contribution in [0.4, 0.5) is 11.4 Å². The quantitative estimate of drug-likeness (QED) is 0.508. The molecule has 2 N–H and O–H groups in total. The van der Waals surface area contributed by atoms with Crippen LogP contribution in [0.2, 0.25) is 5.02 Å². The van der Waals surface area contributed by atoms with Gasteiger partial charge in [-0.3, -0.25) is 14.5 Å². The molecule has 9 nitrogen and oxygen atoms in total. The largest absolute Gasteiger partial charge is 0.453 e. The van der Waals surface area contributed by atoms with Crippen LogP contribution in [0.25, 0.3) is 0 Å². The highest BCUT2D eigenvalue weighted by Gasteiger charge is 2.14. The number of rotatable bonds is 8. The molecular weight excluding hydrogens is 458 g/mol. The number of anilines is 2. The molecule has 0 aliphatic carbocycles. The van der Waals surface area contributed by atoms with Crippen molar-refractivity contribution in [1.82, 2.24) is 20.0 Å². The molecule has 0 radical (unpaired) electrons. The lowest BCUT2D eigenvalue weighted by Gasteiger charge is -2.26. The Kier molecular flexibility index (Phi) is 7.79. The highest BCUT2D eigenvalue weighted by molar-refractivity contribution is 6.30. The first-order valence-corrected chi connectivity index (χ1v) is 11.3. The molecule has 0 spiro atoms. The number of hydrogen-bond acceptors (Lipinski definition) is 7. The van der Waals surface area contributed by atoms with E-state index in [2.05, 4.69) is 20.6 Å². The minimum absolute atomic E-state index is 0.149. The zero-order chi connectivity index (χ0) is 23.9. The summed E-state index contributed by atoms with van der Waals surface area (Å²) in [6.45, 7) is 4.58. The Balaban J connectivity index is 1.42. The number of morpholine rings is 1. The third-order valence-corrected chi connectivity index (χ3v) is 5.60. The summed E-state index contributed by atoms with van der Waals surface area (Å²) in [4.78, 5) is 27.5. The molecule has 34 heavy (non-hydrogen) atoms. The average molecular weight is 484 g/mol. The van der Waals surface area contributed by atoms with Gasteiger partial charge in [-0.25, -0.2) is 4.68 Å². The van der Waals surface area contributed by atoms with Crippen LogP contribution in [0.15, 0.2) is 59.5 Å². The summed E-state index contributed by atoms with van der Waals surface area (Å²) in [5.74, 6) is 0.592. The maximum Gasteiger partial charge on any atom is 0.294 e. The van der Waals surface area contributed by atoms with Gasteiger partial charge >= 0.3 is 0 Å². The SMILES string of the molecule is Cn1ncc(Oc2cccc(Cl)c2)c(Nc2ccc(C(=O)NCCN3CCOCC3)cc2)c1=O. The standard InChI is InChI=1S/C24H26ClN5O4/c1-29-24(32)22(21(16-27-29)34-20-4-2-3-18(25)15-20)28-19-7-5-17(6-8-19)23(31)26-9-10-30-11-13-33-14-12-30/h2-8,15-16,28H,9-14H2,1H3,(H,26,31). The molecule has 3 aromatic rings. The van der Waals surface area contributed by atoms with Crippen LogP contribution in [0.1, 0.15) is 10.4 Å². The number of halogens is 1. The van der Waals surface area contributed by atoms with Gasteiger partial charge in [0.15, 0.2) is 11.4 Å². The Hall–Kier alpha value is -3.40. The van der Waals surface area contributed by atoms with Crippen LogP contribution in [0.5, 0.6) is 11.5 Å². The number of aryl methyl sites for hydroxylation is 1. The molecule has 1 fully saturated rings. The fraction of sp³-hybridized carbons (Fsp3) is 0.292. The van der Waals surface area contributed by atoms with Gasteiger partial charge in [-0.15, -0.1) is 0 Å². The lowest BCUT2D eigenvalue weighted by molar-refractivity contribution is 0.0383. The van der Waals surface area contributed by atoms with Gasteiger partial charge in [0, 0.05) is 49.5 Å². The van der Waals surface area contributed by atoms with E-state index in [-0.39, 0.29) is 22.9 Å². The van der Waals surface area contributed by atoms with Crippen molar-refractivity contribution in [2.75, 3.05) is 44.7 Å². The summed E-state index contributed by atoms with van der Waals surface area (Å²) in [7, 11) is 1.56. The number of nitrogens with one attached hydrogen (secondary N) is 2. The van der Waals surface area contributed by atoms with Gasteiger partial charge in [0.2, 0.25) is 0 Å². The number of amides is 1. The second-order valence-corrected chi connectivity index (χ2v) is 8.22. The summed E-state index contributed by atoms with van der Waals surface area (Å²) in [5, 5.41) is 10.6. The van der Waals surface area contributed by atoms with E-state index in [1.165, 1.54) is 10.9 Å². The van der Waals surface area contributed by atoms with Crippen molar-refractivity contribution in [3.05, 3.63) is 75.7 Å². The molecule has 1 aromatic heterocycles. The van der Waals surface area contributed by atoms with Crippen LogP contribution in [-0.4, -0.2) is 60.0 Å². The molecule has 1 aliphatic rings. The van der Waals surface area contributed by atoms with E-state index in [4.69, 9.17) is 21.1 Å². The first kappa shape index (κ1) is 23.7. The topological polar surface area (TPSA) is 97.7 Å². The van der Waals surface area contributed by atoms with Crippen molar-refractivity contribution in [3.63, 3.8) is 0 Å². The molecule has 4 rings (SSSR count). The third-order valence-electron chi connectivity index (χ3n) is 5.36. The Bertz CT molecular complexity index is 1190. The van der Waals surface area contributed by atoms with E-state index in [1.54, 1.807) is 55.6 Å². The number of carbonyl (C=O) groups excluding carboxylic acids is 1. The highest BCUT2D eigenvalue weighted by Crippen LogP contribution is 2.29. The summed E-state index contributed by atoms with van der Waals surface area (Å²) < 4.78 is 12.4. The van der Waals surface area contributed by atoms with Gasteiger partial charge in [0.05, 0.1) is 19.4 Å². The average Bonchev–Trinajstić information content (AvgIpc) is 2.85. The molecule has 0 atom stereocenters. The normalized spacial score (nSPS) is 13.9. The van der Waals surface area contributed by atoms with Crippen LogP contribution >= 0.6 is 11.6 Å². The van der Waals surface area contributed by atoms with Crippen molar-refractivity contribution >= 4 is 28.9 Å². The lowest BCUT2D eigenvalue weighted by atomic mass is 10.2. The predicted molar refractivity (Wildman–Crippen MR) is 130 cm³/mol. The molecule has 0 bridgehead atoms. The number of aromatic nitrogens is 2. The van der Waals surface area contributed by atoms with Crippen molar-refractivity contribution < 1.29 is 14.3 Å². The summed E-state index contributed by atoms with van der Waals surface area (Å²) in [6, 6.07) is 13.8. The molecule has 0 saturated carbocycles. The lowest BCUT2D eigenvalue weighted by Crippen LogP contribution is -2.41. The first-order valence-electron chi connectivity index (χ1n) is 10.9. The fourth-order valence-corrected chi connectivity index (χ4v) is 3.66. The third kappa shape index (κ3) is 6.13. The molecule has 2 heterocycles. The monoisotopic (exact) mass is 483 g/mol. The van der Waals surface area contributed by atoms with Gasteiger partial charge in [-0.05, 0) is 42.5 Å². The maximum atomic E-state index is 12.7. The predicted octanol–water partition coefficient (Wildman–Crippen LogP) is 3.03. The second-order valence-electron chi connectivity index (χ2n) is 7.78. The zero-order valence-electron chi connectivity index (χ0n) is 18.8. The van der Waals surface area contributed by atoms with E-state index in [1.807, 2.05) is 0 Å². The van der Waals surface area contributed by atoms with Gasteiger partial charge in [-0.1, -0.05) is 17.7 Å². The van der Waals surface area contributed by atoms with E-state index in [0.29, 0.717) is 28.6 Å². The van der Waals surface area contributed by atoms with Gasteiger partial charge in [-0.2, -0.15) is 5.10 Å². The van der Waals surface area contributed by atoms with Crippen molar-refractivity contribution in [1.29, 1.82) is 0 Å². The smallest absolute Gasteiger partial charge is 0.294 e. The molecular formula is C24H26ClN5O4. The Labute approximate surface area is 202 Å². The fourth-order valence-electron chi connectivity index (χ4n) is 3.48. The van der Waals surface area contributed by atoms with Crippen LogP contribution in [0.3, 0.4) is 0 Å². The number of benzene rings is 2. The van der Waals surface area contributed by atoms with Crippen molar-refractivity contribution in [3.8, 4) is 11.5 Å². The minimum atomic E-state index is -0.357. The maximum absolute atomic E-state index is 12.7. The van der Waals surface area contributed by atoms with Gasteiger partial charge < -0.3 is 20.1 Å². The first-order chi connectivity index (χ1) is 16.5. The van der Waals surface area contributed by atoms with Crippen molar-refractivity contribution in [2.45, 2.75) is 0 Å². The van der Waals surface area contributed by atoms with E-state index in [9.17, 15) is 9.59 Å². The number of carbonyl (C=O) groups is 1. The number of hydrogen-bond donors (Lipinski definition) is 2. The zero-order valence-corrected chi connectivity index (χ0v) is 19.5. The van der Waals surface area contributed by atoms with Crippen LogP contribution in [-0.2, 0) is 11.8 Å². The van der Waals surface area contributed by atoms with Crippen molar-refractivity contribution in [2.24, 2.45) is 7.05 Å². The van der Waals surface area contributed by atoms with Crippen LogP contribution < -0.4 is 20.9 Å². The van der Waals surface area contributed by atoms with Gasteiger partial charge in [0.25, 0.3) is 11.5 Å². The Morgan fingerprint density at radius 3 is 2.68 bits per heavy atom. The van der Waals surface area contributed by atoms with E-state index >= 15 is 0 Å². The molecule has 10 heteroatoms. The Morgan fingerprint density at radius 2 is 1.94 bits per heavy atom. The van der Waals surface area contributed by atoms with Crippen LogP contribution in [0, 0.1) is 0 Å². The second kappa shape index (κ2) is 11.1. The Morgan fingerprint density at radius 1 is 1.18 bits per heavy atom. The number of ether oxygens (including phenoxy) is 2. The highest BCUT2D eigenvalue weighted by atomic mass is 35.5. The summed E-state index contributed by atoms with van der Waals surface area (Å²) in [5.41, 5.74) is 1.03. The molecule has 1 aliphatic heterocycles. The molecule has 1 saturated heterocycles. The van der Waals surface area contributed by atoms with E-state index in [0.717, 1.165) is 32.8 Å². The number of nitrogens with zero attached hydrogens (tertiary/aromatic N) is 3.